The number of hydrogen-bond donors (Lipinski definition) is 0. The summed E-state index contributed by atoms with van der Waals surface area (Å²) in [5.41, 5.74) is -0.594. The van der Waals surface area contributed by atoms with Crippen molar-refractivity contribution in [1.82, 2.24) is 9.80 Å². The zero-order valence-corrected chi connectivity index (χ0v) is 19.3. The molecule has 0 spiro atoms. The van der Waals surface area contributed by atoms with Crippen molar-refractivity contribution < 1.29 is 38.1 Å². The molecule has 0 saturated carbocycles. The SMILES string of the molecule is COC(=O)[C@@H]1C[C@@H](OC)CN1C.COC(=O)[C@@H]1C[C@@H](OC)CN1C(=O)OC(C)(C)C. The Hall–Kier alpha value is -1.91. The Kier molecular flexibility index (Phi) is 9.99. The predicted octanol–water partition coefficient (Wildman–Crippen LogP) is 1.06. The highest BCUT2D eigenvalue weighted by molar-refractivity contribution is 5.82. The molecular weight excluding hydrogens is 396 g/mol. The molecule has 0 unspecified atom stereocenters. The highest BCUT2D eigenvalue weighted by Crippen LogP contribution is 2.23. The molecule has 30 heavy (non-hydrogen) atoms. The van der Waals surface area contributed by atoms with Crippen molar-refractivity contribution in [3.05, 3.63) is 0 Å². The summed E-state index contributed by atoms with van der Waals surface area (Å²) in [5, 5.41) is 0. The fourth-order valence-corrected chi connectivity index (χ4v) is 3.38. The summed E-state index contributed by atoms with van der Waals surface area (Å²) < 4.78 is 25.0. The molecule has 2 aliphatic rings. The number of likely N-dealkylation sites (N-methyl/N-ethyl adjacent to an activating group) is 1. The fraction of sp³-hybridized carbons (Fsp3) is 0.850. The normalized spacial score (nSPS) is 26.6. The van der Waals surface area contributed by atoms with Crippen LogP contribution in [0.2, 0.25) is 0 Å². The summed E-state index contributed by atoms with van der Waals surface area (Å²) in [7, 11) is 7.84. The van der Waals surface area contributed by atoms with Crippen LogP contribution in [-0.4, -0.2) is 106 Å². The Balaban J connectivity index is 0.000000325. The van der Waals surface area contributed by atoms with Gasteiger partial charge in [-0.2, -0.15) is 0 Å². The van der Waals surface area contributed by atoms with E-state index in [4.69, 9.17) is 18.9 Å². The lowest BCUT2D eigenvalue weighted by molar-refractivity contribution is -0.146. The van der Waals surface area contributed by atoms with Gasteiger partial charge in [-0.3, -0.25) is 14.6 Å². The maximum atomic E-state index is 12.0. The zero-order valence-electron chi connectivity index (χ0n) is 19.3. The summed E-state index contributed by atoms with van der Waals surface area (Å²) in [6.07, 6.45) is 0.653. The van der Waals surface area contributed by atoms with Crippen LogP contribution >= 0.6 is 0 Å². The third-order valence-corrected chi connectivity index (χ3v) is 5.01. The van der Waals surface area contributed by atoms with Gasteiger partial charge < -0.3 is 23.7 Å². The molecule has 174 valence electrons. The van der Waals surface area contributed by atoms with E-state index in [2.05, 4.69) is 4.74 Å². The van der Waals surface area contributed by atoms with E-state index in [1.54, 1.807) is 35.0 Å². The molecule has 0 aromatic carbocycles. The number of methoxy groups -OCH3 is 4. The number of amides is 1. The highest BCUT2D eigenvalue weighted by Gasteiger charge is 2.42. The van der Waals surface area contributed by atoms with Crippen molar-refractivity contribution in [2.24, 2.45) is 0 Å². The van der Waals surface area contributed by atoms with Gasteiger partial charge in [0.1, 0.15) is 17.7 Å². The van der Waals surface area contributed by atoms with Crippen molar-refractivity contribution in [2.45, 2.75) is 63.5 Å². The van der Waals surface area contributed by atoms with E-state index in [1.807, 2.05) is 11.9 Å². The first-order valence-electron chi connectivity index (χ1n) is 9.88. The van der Waals surface area contributed by atoms with E-state index < -0.39 is 23.7 Å². The fourth-order valence-electron chi connectivity index (χ4n) is 3.38. The molecule has 0 aliphatic carbocycles. The summed E-state index contributed by atoms with van der Waals surface area (Å²) in [5.74, 6) is -0.613. The second-order valence-electron chi connectivity index (χ2n) is 8.34. The van der Waals surface area contributed by atoms with E-state index in [9.17, 15) is 14.4 Å². The molecule has 0 N–H and O–H groups in total. The number of rotatable bonds is 4. The monoisotopic (exact) mass is 432 g/mol. The lowest BCUT2D eigenvalue weighted by Crippen LogP contribution is -2.44. The van der Waals surface area contributed by atoms with Gasteiger partial charge in [-0.15, -0.1) is 0 Å². The Morgan fingerprint density at radius 1 is 0.800 bits per heavy atom. The lowest BCUT2D eigenvalue weighted by atomic mass is 10.2. The van der Waals surface area contributed by atoms with Crippen molar-refractivity contribution in [3.63, 3.8) is 0 Å². The molecule has 0 aromatic heterocycles. The van der Waals surface area contributed by atoms with Crippen LogP contribution in [0, 0.1) is 0 Å². The number of hydrogen-bond acceptors (Lipinski definition) is 9. The van der Waals surface area contributed by atoms with Gasteiger partial charge in [0.05, 0.1) is 33.0 Å². The van der Waals surface area contributed by atoms with Gasteiger partial charge in [-0.25, -0.2) is 9.59 Å². The molecule has 0 radical (unpaired) electrons. The second kappa shape index (κ2) is 11.5. The van der Waals surface area contributed by atoms with E-state index in [1.165, 1.54) is 19.1 Å². The lowest BCUT2D eigenvalue weighted by Gasteiger charge is -2.27. The van der Waals surface area contributed by atoms with Gasteiger partial charge in [0.15, 0.2) is 0 Å². The Morgan fingerprint density at radius 3 is 1.70 bits per heavy atom. The van der Waals surface area contributed by atoms with Gasteiger partial charge >= 0.3 is 18.0 Å². The van der Waals surface area contributed by atoms with Crippen LogP contribution in [0.3, 0.4) is 0 Å². The first-order valence-corrected chi connectivity index (χ1v) is 9.88. The van der Waals surface area contributed by atoms with E-state index in [-0.39, 0.29) is 24.2 Å². The number of carbonyl (C=O) groups excluding carboxylic acids is 3. The molecule has 10 heteroatoms. The van der Waals surface area contributed by atoms with Crippen molar-refractivity contribution in [2.75, 3.05) is 48.6 Å². The van der Waals surface area contributed by atoms with Gasteiger partial charge in [-0.1, -0.05) is 0 Å². The molecule has 2 saturated heterocycles. The summed E-state index contributed by atoms with van der Waals surface area (Å²) in [6, 6.07) is -0.755. The largest absolute Gasteiger partial charge is 0.468 e. The number of nitrogens with zero attached hydrogens (tertiary/aromatic N) is 2. The predicted molar refractivity (Wildman–Crippen MR) is 108 cm³/mol. The molecule has 1 amide bonds. The number of carbonyl (C=O) groups is 3. The van der Waals surface area contributed by atoms with Crippen LogP contribution in [0.25, 0.3) is 0 Å². The van der Waals surface area contributed by atoms with E-state index >= 15 is 0 Å². The van der Waals surface area contributed by atoms with Crippen molar-refractivity contribution >= 4 is 18.0 Å². The van der Waals surface area contributed by atoms with Crippen LogP contribution in [0.5, 0.6) is 0 Å². The molecule has 2 rings (SSSR count). The average molecular weight is 433 g/mol. The summed E-state index contributed by atoms with van der Waals surface area (Å²) in [4.78, 5) is 38.1. The first kappa shape index (κ1) is 26.1. The Morgan fingerprint density at radius 2 is 1.27 bits per heavy atom. The molecular formula is C20H36N2O8. The van der Waals surface area contributed by atoms with E-state index in [0.29, 0.717) is 13.0 Å². The van der Waals surface area contributed by atoms with Crippen LogP contribution < -0.4 is 0 Å². The van der Waals surface area contributed by atoms with Gasteiger partial charge in [0, 0.05) is 33.6 Å². The van der Waals surface area contributed by atoms with Gasteiger partial charge in [-0.05, 0) is 27.8 Å². The van der Waals surface area contributed by atoms with Crippen LogP contribution in [0.1, 0.15) is 33.6 Å². The van der Waals surface area contributed by atoms with Gasteiger partial charge in [0.2, 0.25) is 0 Å². The topological polar surface area (TPSA) is 104 Å². The molecule has 0 aromatic rings. The third kappa shape index (κ3) is 7.41. The van der Waals surface area contributed by atoms with Gasteiger partial charge in [0.25, 0.3) is 0 Å². The minimum absolute atomic E-state index is 0.125. The van der Waals surface area contributed by atoms with Crippen molar-refractivity contribution in [3.8, 4) is 0 Å². The quantitative estimate of drug-likeness (QED) is 0.476. The van der Waals surface area contributed by atoms with Crippen LogP contribution in [0.15, 0.2) is 0 Å². The van der Waals surface area contributed by atoms with Crippen LogP contribution in [0.4, 0.5) is 4.79 Å². The van der Waals surface area contributed by atoms with Crippen molar-refractivity contribution in [1.29, 1.82) is 0 Å². The smallest absolute Gasteiger partial charge is 0.411 e. The minimum Gasteiger partial charge on any atom is -0.468 e. The third-order valence-electron chi connectivity index (χ3n) is 5.01. The Bertz CT molecular complexity index is 592. The number of ether oxygens (including phenoxy) is 5. The molecule has 2 aliphatic heterocycles. The molecule has 4 atom stereocenters. The highest BCUT2D eigenvalue weighted by atomic mass is 16.6. The number of esters is 2. The molecule has 2 heterocycles. The summed E-state index contributed by atoms with van der Waals surface area (Å²) in [6.45, 7) is 6.48. The Labute approximate surface area is 178 Å². The summed E-state index contributed by atoms with van der Waals surface area (Å²) >= 11 is 0. The second-order valence-corrected chi connectivity index (χ2v) is 8.34. The molecule has 2 fully saturated rings. The molecule has 0 bridgehead atoms. The zero-order chi connectivity index (χ0) is 23.1. The average Bonchev–Trinajstić information content (AvgIpc) is 3.29. The first-order chi connectivity index (χ1) is 14.0. The minimum atomic E-state index is -0.630. The maximum Gasteiger partial charge on any atom is 0.411 e. The van der Waals surface area contributed by atoms with Crippen LogP contribution in [-0.2, 0) is 33.3 Å². The molecule has 10 nitrogen and oxygen atoms in total. The van der Waals surface area contributed by atoms with E-state index in [0.717, 1.165) is 13.0 Å². The standard InChI is InChI=1S/C12H21NO5.C8H15NO3/c1-12(2,3)18-11(15)13-7-8(16-4)6-9(13)10(14)17-5;1-9-5-6(11-2)4-7(9)8(10)12-3/h8-9H,6-7H2,1-5H3;6-7H,4-5H2,1-3H3/t8-,9+;6-,7+/m11/s1. The number of likely N-dealkylation sites (tertiary alicyclic amines) is 2. The maximum absolute atomic E-state index is 12.0.